The van der Waals surface area contributed by atoms with Crippen LogP contribution in [0.1, 0.15) is 36.2 Å². The third kappa shape index (κ3) is 4.46. The second-order valence-electron chi connectivity index (χ2n) is 8.86. The molecule has 0 spiro atoms. The first kappa shape index (κ1) is 21.9. The normalized spacial score (nSPS) is 15.9. The van der Waals surface area contributed by atoms with Gasteiger partial charge in [-0.1, -0.05) is 59.8 Å². The van der Waals surface area contributed by atoms with E-state index >= 15 is 0 Å². The molecule has 1 amide bonds. The van der Waals surface area contributed by atoms with Crippen LogP contribution in [-0.2, 0) is 6.42 Å². The van der Waals surface area contributed by atoms with Crippen molar-refractivity contribution in [3.05, 3.63) is 84.1 Å². The van der Waals surface area contributed by atoms with E-state index in [9.17, 15) is 4.79 Å². The summed E-state index contributed by atoms with van der Waals surface area (Å²) in [6.45, 7) is 4.72. The molecule has 1 saturated heterocycles. The van der Waals surface area contributed by atoms with Crippen molar-refractivity contribution in [1.29, 1.82) is 0 Å². The molecule has 3 heterocycles. The third-order valence-corrected chi connectivity index (χ3v) is 6.57. The summed E-state index contributed by atoms with van der Waals surface area (Å²) >= 11 is 0. The zero-order chi connectivity index (χ0) is 23.5. The van der Waals surface area contributed by atoms with Crippen molar-refractivity contribution < 1.29 is 4.79 Å². The molecule has 0 radical (unpaired) electrons. The molecule has 1 atom stereocenters. The molecule has 172 valence electrons. The molecule has 2 aromatic heterocycles. The van der Waals surface area contributed by atoms with E-state index in [1.165, 1.54) is 10.2 Å². The predicted octanol–water partition coefficient (Wildman–Crippen LogP) is 5.08. The van der Waals surface area contributed by atoms with Gasteiger partial charge in [-0.2, -0.15) is 4.68 Å². The van der Waals surface area contributed by atoms with Crippen molar-refractivity contribution in [1.82, 2.24) is 29.9 Å². The van der Waals surface area contributed by atoms with E-state index < -0.39 is 0 Å². The maximum Gasteiger partial charge on any atom is 0.346 e. The second-order valence-corrected chi connectivity index (χ2v) is 8.86. The summed E-state index contributed by atoms with van der Waals surface area (Å²) in [5, 5.41) is 8.46. The lowest BCUT2D eigenvalue weighted by atomic mass is 9.96. The van der Waals surface area contributed by atoms with Crippen molar-refractivity contribution in [3.63, 3.8) is 0 Å². The number of rotatable bonds is 4. The van der Waals surface area contributed by atoms with Crippen LogP contribution in [0.15, 0.2) is 67.1 Å². The van der Waals surface area contributed by atoms with Gasteiger partial charge >= 0.3 is 6.03 Å². The molecule has 0 saturated carbocycles. The van der Waals surface area contributed by atoms with Crippen LogP contribution in [-0.4, -0.2) is 48.5 Å². The highest BCUT2D eigenvalue weighted by molar-refractivity contribution is 5.78. The first-order valence-electron chi connectivity index (χ1n) is 11.8. The van der Waals surface area contributed by atoms with Crippen LogP contribution in [0, 0.1) is 13.8 Å². The monoisotopic (exact) mass is 452 g/mol. The lowest BCUT2D eigenvalue weighted by Crippen LogP contribution is -2.46. The van der Waals surface area contributed by atoms with E-state index in [1.54, 1.807) is 12.5 Å². The summed E-state index contributed by atoms with van der Waals surface area (Å²) in [6, 6.07) is 18.5. The second kappa shape index (κ2) is 9.55. The number of aromatic nitrogens is 5. The molecular formula is C27H28N6O. The number of piperidine rings is 1. The Bertz CT molecular complexity index is 1260. The molecule has 4 aromatic rings. The van der Waals surface area contributed by atoms with Gasteiger partial charge in [-0.3, -0.25) is 0 Å². The molecule has 0 N–H and O–H groups in total. The fraction of sp³-hybridized carbons (Fsp3) is 0.296. The number of amides is 1. The van der Waals surface area contributed by atoms with Gasteiger partial charge in [-0.05, 0) is 50.7 Å². The first-order chi connectivity index (χ1) is 16.6. The highest BCUT2D eigenvalue weighted by Gasteiger charge is 2.28. The largest absolute Gasteiger partial charge is 0.346 e. The fourth-order valence-corrected chi connectivity index (χ4v) is 4.79. The number of hydrogen-bond donors (Lipinski definition) is 0. The zero-order valence-electron chi connectivity index (χ0n) is 19.6. The van der Waals surface area contributed by atoms with E-state index in [4.69, 9.17) is 0 Å². The number of benzene rings is 2. The van der Waals surface area contributed by atoms with Crippen LogP contribution in [0.5, 0.6) is 0 Å². The van der Waals surface area contributed by atoms with E-state index in [0.29, 0.717) is 5.69 Å². The van der Waals surface area contributed by atoms with Gasteiger partial charge in [-0.15, -0.1) is 5.10 Å². The van der Waals surface area contributed by atoms with E-state index in [1.807, 2.05) is 61.2 Å². The Balaban J connectivity index is 1.34. The smallest absolute Gasteiger partial charge is 0.320 e. The lowest BCUT2D eigenvalue weighted by Gasteiger charge is -2.35. The van der Waals surface area contributed by atoms with Gasteiger partial charge in [0, 0.05) is 35.1 Å². The Labute approximate surface area is 199 Å². The molecular weight excluding hydrogens is 424 g/mol. The number of nitrogens with zero attached hydrogens (tertiary/aromatic N) is 6. The van der Waals surface area contributed by atoms with Crippen LogP contribution in [0.4, 0.5) is 4.79 Å². The zero-order valence-corrected chi connectivity index (χ0v) is 19.6. The molecule has 1 aliphatic heterocycles. The van der Waals surface area contributed by atoms with Gasteiger partial charge in [-0.25, -0.2) is 14.8 Å². The average molecular weight is 453 g/mol. The van der Waals surface area contributed by atoms with Crippen LogP contribution in [0.3, 0.4) is 0 Å². The van der Waals surface area contributed by atoms with Crippen LogP contribution >= 0.6 is 0 Å². The minimum absolute atomic E-state index is 0.108. The standard InChI is InChI=1S/C27H28N6O/c1-19-26(20(2)29-18-28-19)23-13-11-22(12-14-23)25-17-33(31-30-25)27(34)32-15-7-6-10-24(32)16-21-8-4-3-5-9-21/h3-5,8-9,11-14,17-18,24H,6-7,10,15-16H2,1-2H3. The summed E-state index contributed by atoms with van der Waals surface area (Å²) in [5.74, 6) is 0. The summed E-state index contributed by atoms with van der Waals surface area (Å²) in [6.07, 6.45) is 7.34. The molecule has 2 aromatic carbocycles. The van der Waals surface area contributed by atoms with Gasteiger partial charge in [0.05, 0.1) is 6.20 Å². The van der Waals surface area contributed by atoms with Gasteiger partial charge in [0.15, 0.2) is 0 Å². The fourth-order valence-electron chi connectivity index (χ4n) is 4.79. The summed E-state index contributed by atoms with van der Waals surface area (Å²) in [4.78, 5) is 23.9. The van der Waals surface area contributed by atoms with Crippen molar-refractivity contribution in [2.24, 2.45) is 0 Å². The van der Waals surface area contributed by atoms with Crippen LogP contribution in [0.25, 0.3) is 22.4 Å². The number of aryl methyl sites for hydroxylation is 2. The van der Waals surface area contributed by atoms with Crippen molar-refractivity contribution in [3.8, 4) is 22.4 Å². The number of hydrogen-bond acceptors (Lipinski definition) is 5. The third-order valence-electron chi connectivity index (χ3n) is 6.57. The van der Waals surface area contributed by atoms with Gasteiger partial charge < -0.3 is 4.90 Å². The highest BCUT2D eigenvalue weighted by Crippen LogP contribution is 2.27. The van der Waals surface area contributed by atoms with E-state index in [2.05, 4.69) is 32.4 Å². The van der Waals surface area contributed by atoms with E-state index in [-0.39, 0.29) is 12.1 Å². The summed E-state index contributed by atoms with van der Waals surface area (Å²) in [5.41, 5.74) is 6.83. The maximum atomic E-state index is 13.3. The summed E-state index contributed by atoms with van der Waals surface area (Å²) < 4.78 is 1.38. The molecule has 1 aliphatic rings. The van der Waals surface area contributed by atoms with Gasteiger partial charge in [0.1, 0.15) is 12.0 Å². The Kier molecular flexibility index (Phi) is 6.16. The van der Waals surface area contributed by atoms with E-state index in [0.717, 1.165) is 60.3 Å². The predicted molar refractivity (Wildman–Crippen MR) is 131 cm³/mol. The Hall–Kier alpha value is -3.87. The quantitative estimate of drug-likeness (QED) is 0.431. The number of carbonyl (C=O) groups is 1. The Morgan fingerprint density at radius 3 is 2.38 bits per heavy atom. The van der Waals surface area contributed by atoms with Gasteiger partial charge in [0.25, 0.3) is 0 Å². The minimum atomic E-state index is -0.108. The molecule has 7 nitrogen and oxygen atoms in total. The highest BCUT2D eigenvalue weighted by atomic mass is 16.2. The molecule has 0 aliphatic carbocycles. The molecule has 7 heteroatoms. The Morgan fingerprint density at radius 1 is 0.941 bits per heavy atom. The summed E-state index contributed by atoms with van der Waals surface area (Å²) in [7, 11) is 0. The number of likely N-dealkylation sites (tertiary alicyclic amines) is 1. The van der Waals surface area contributed by atoms with Crippen LogP contribution in [0.2, 0.25) is 0 Å². The molecule has 34 heavy (non-hydrogen) atoms. The molecule has 0 bridgehead atoms. The minimum Gasteiger partial charge on any atom is -0.320 e. The molecule has 1 fully saturated rings. The van der Waals surface area contributed by atoms with Crippen molar-refractivity contribution in [2.75, 3.05) is 6.54 Å². The van der Waals surface area contributed by atoms with Crippen molar-refractivity contribution in [2.45, 2.75) is 45.6 Å². The molecule has 1 unspecified atom stereocenters. The Morgan fingerprint density at radius 2 is 1.65 bits per heavy atom. The van der Waals surface area contributed by atoms with Crippen LogP contribution < -0.4 is 0 Å². The molecule has 5 rings (SSSR count). The SMILES string of the molecule is Cc1ncnc(C)c1-c1ccc(-c2cn(C(=O)N3CCCCC3Cc3ccccc3)nn2)cc1. The lowest BCUT2D eigenvalue weighted by molar-refractivity contribution is 0.149. The van der Waals surface area contributed by atoms with Crippen molar-refractivity contribution >= 4 is 6.03 Å². The first-order valence-corrected chi connectivity index (χ1v) is 11.8. The van der Waals surface area contributed by atoms with Gasteiger partial charge in [0.2, 0.25) is 0 Å². The average Bonchev–Trinajstić information content (AvgIpc) is 3.35. The maximum absolute atomic E-state index is 13.3. The number of carbonyl (C=O) groups excluding carboxylic acids is 1. The topological polar surface area (TPSA) is 76.8 Å².